The lowest BCUT2D eigenvalue weighted by Crippen LogP contribution is -2.15. The summed E-state index contributed by atoms with van der Waals surface area (Å²) in [6, 6.07) is 11.4. The summed E-state index contributed by atoms with van der Waals surface area (Å²) in [5, 5.41) is 12.9. The second-order valence-corrected chi connectivity index (χ2v) is 6.08. The van der Waals surface area contributed by atoms with E-state index in [-0.39, 0.29) is 22.9 Å². The number of Topliss-reactive ketones (excluding diaryl/α,β-unsaturated/α-hetero) is 1. The largest absolute Gasteiger partial charge is 0.506 e. The summed E-state index contributed by atoms with van der Waals surface area (Å²) in [5.74, 6) is -1.58. The standard InChI is InChI=1S/C20H18N2O5/c1-12(23)21-16-9-13(7-8-18(16)24)19(25)11-27-20(26)15-10-22(2)17-6-4-3-5-14(15)17/h3-10,24H,11H2,1-2H3,(H,21,23). The number of fused-ring (bicyclic) bond motifs is 1. The van der Waals surface area contributed by atoms with Crippen LogP contribution in [0.25, 0.3) is 10.9 Å². The van der Waals surface area contributed by atoms with Crippen LogP contribution in [0.4, 0.5) is 5.69 Å². The molecule has 1 amide bonds. The molecular weight excluding hydrogens is 348 g/mol. The second-order valence-electron chi connectivity index (χ2n) is 6.08. The number of carbonyl (C=O) groups excluding carboxylic acids is 3. The van der Waals surface area contributed by atoms with Gasteiger partial charge in [-0.25, -0.2) is 4.79 Å². The van der Waals surface area contributed by atoms with Crippen LogP contribution in [-0.4, -0.2) is 33.9 Å². The first-order chi connectivity index (χ1) is 12.9. The van der Waals surface area contributed by atoms with E-state index in [2.05, 4.69) is 5.32 Å². The molecule has 1 heterocycles. The van der Waals surface area contributed by atoms with Gasteiger partial charge in [-0.2, -0.15) is 0 Å². The van der Waals surface area contributed by atoms with Crippen molar-refractivity contribution in [2.24, 2.45) is 7.05 Å². The molecule has 3 rings (SSSR count). The van der Waals surface area contributed by atoms with Crippen LogP contribution in [0.3, 0.4) is 0 Å². The molecule has 0 bridgehead atoms. The van der Waals surface area contributed by atoms with Crippen molar-refractivity contribution in [3.8, 4) is 5.75 Å². The summed E-state index contributed by atoms with van der Waals surface area (Å²) in [7, 11) is 1.82. The van der Waals surface area contributed by atoms with Crippen LogP contribution in [0.15, 0.2) is 48.7 Å². The number of ketones is 1. The average Bonchev–Trinajstić information content (AvgIpc) is 2.98. The van der Waals surface area contributed by atoms with Gasteiger partial charge in [-0.1, -0.05) is 18.2 Å². The molecule has 7 nitrogen and oxygen atoms in total. The number of hydrogen-bond donors (Lipinski definition) is 2. The number of nitrogens with zero attached hydrogens (tertiary/aromatic N) is 1. The summed E-state index contributed by atoms with van der Waals surface area (Å²) >= 11 is 0. The maximum atomic E-state index is 12.4. The molecule has 0 aliphatic rings. The highest BCUT2D eigenvalue weighted by Crippen LogP contribution is 2.25. The van der Waals surface area contributed by atoms with E-state index in [0.717, 1.165) is 10.9 Å². The first-order valence-corrected chi connectivity index (χ1v) is 8.22. The summed E-state index contributed by atoms with van der Waals surface area (Å²) in [6.07, 6.45) is 1.66. The van der Waals surface area contributed by atoms with E-state index in [1.54, 1.807) is 6.20 Å². The molecular formula is C20H18N2O5. The smallest absolute Gasteiger partial charge is 0.340 e. The molecule has 3 aromatic rings. The van der Waals surface area contributed by atoms with Gasteiger partial charge in [-0.15, -0.1) is 0 Å². The number of aryl methyl sites for hydroxylation is 1. The monoisotopic (exact) mass is 366 g/mol. The van der Waals surface area contributed by atoms with Gasteiger partial charge < -0.3 is 19.7 Å². The number of esters is 1. The van der Waals surface area contributed by atoms with E-state index in [0.29, 0.717) is 5.56 Å². The minimum absolute atomic E-state index is 0.119. The third kappa shape index (κ3) is 3.82. The van der Waals surface area contributed by atoms with E-state index < -0.39 is 18.4 Å². The number of ether oxygens (including phenoxy) is 1. The van der Waals surface area contributed by atoms with Gasteiger partial charge >= 0.3 is 5.97 Å². The van der Waals surface area contributed by atoms with Gasteiger partial charge in [0.2, 0.25) is 5.91 Å². The molecule has 27 heavy (non-hydrogen) atoms. The first-order valence-electron chi connectivity index (χ1n) is 8.22. The summed E-state index contributed by atoms with van der Waals surface area (Å²) in [4.78, 5) is 35.9. The van der Waals surface area contributed by atoms with E-state index >= 15 is 0 Å². The quantitative estimate of drug-likeness (QED) is 0.411. The number of hydrogen-bond acceptors (Lipinski definition) is 5. The molecule has 1 aromatic heterocycles. The number of carbonyl (C=O) groups is 3. The summed E-state index contributed by atoms with van der Waals surface area (Å²) < 4.78 is 6.98. The lowest BCUT2D eigenvalue weighted by molar-refractivity contribution is -0.114. The van der Waals surface area contributed by atoms with Crippen molar-refractivity contribution in [3.05, 3.63) is 59.8 Å². The molecule has 2 aromatic carbocycles. The maximum absolute atomic E-state index is 12.4. The third-order valence-corrected chi connectivity index (χ3v) is 4.08. The molecule has 7 heteroatoms. The van der Waals surface area contributed by atoms with Crippen molar-refractivity contribution in [1.82, 2.24) is 4.57 Å². The van der Waals surface area contributed by atoms with Gasteiger partial charge in [0.1, 0.15) is 5.75 Å². The van der Waals surface area contributed by atoms with Gasteiger partial charge in [-0.3, -0.25) is 9.59 Å². The Balaban J connectivity index is 1.73. The van der Waals surface area contributed by atoms with Crippen LogP contribution in [0, 0.1) is 0 Å². The van der Waals surface area contributed by atoms with Crippen molar-refractivity contribution in [2.75, 3.05) is 11.9 Å². The van der Waals surface area contributed by atoms with Gasteiger partial charge in [0.25, 0.3) is 0 Å². The Bertz CT molecular complexity index is 1050. The Hall–Kier alpha value is -3.61. The maximum Gasteiger partial charge on any atom is 0.340 e. The predicted molar refractivity (Wildman–Crippen MR) is 99.9 cm³/mol. The summed E-state index contributed by atoms with van der Waals surface area (Å²) in [5.41, 5.74) is 1.59. The number of aromatic hydroxyl groups is 1. The summed E-state index contributed by atoms with van der Waals surface area (Å²) in [6.45, 7) is 0.840. The molecule has 0 aliphatic heterocycles. The Kier molecular flexibility index (Phi) is 4.94. The van der Waals surface area contributed by atoms with Crippen molar-refractivity contribution in [1.29, 1.82) is 0 Å². The number of aromatic nitrogens is 1. The lowest BCUT2D eigenvalue weighted by atomic mass is 10.1. The Morgan fingerprint density at radius 3 is 2.63 bits per heavy atom. The fraction of sp³-hybridized carbons (Fsp3) is 0.150. The number of rotatable bonds is 5. The van der Waals surface area contributed by atoms with Crippen LogP contribution in [0.5, 0.6) is 5.75 Å². The van der Waals surface area contributed by atoms with Crippen LogP contribution in [-0.2, 0) is 16.6 Å². The molecule has 2 N–H and O–H groups in total. The van der Waals surface area contributed by atoms with Crippen molar-refractivity contribution in [3.63, 3.8) is 0 Å². The topological polar surface area (TPSA) is 97.6 Å². The highest BCUT2D eigenvalue weighted by atomic mass is 16.5. The minimum Gasteiger partial charge on any atom is -0.506 e. The predicted octanol–water partition coefficient (Wildman–Crippen LogP) is 2.88. The number of para-hydroxylation sites is 1. The molecule has 0 fully saturated rings. The first kappa shape index (κ1) is 18.2. The number of anilines is 1. The second kappa shape index (κ2) is 7.33. The average molecular weight is 366 g/mol. The minimum atomic E-state index is -0.596. The van der Waals surface area contributed by atoms with Crippen LogP contribution < -0.4 is 5.32 Å². The molecule has 0 saturated heterocycles. The third-order valence-electron chi connectivity index (χ3n) is 4.08. The van der Waals surface area contributed by atoms with Crippen LogP contribution in [0.2, 0.25) is 0 Å². The van der Waals surface area contributed by atoms with Gasteiger partial charge in [0, 0.05) is 36.6 Å². The van der Waals surface area contributed by atoms with E-state index in [1.807, 2.05) is 35.9 Å². The highest BCUT2D eigenvalue weighted by molar-refractivity contribution is 6.06. The zero-order chi connectivity index (χ0) is 19.6. The molecule has 0 aliphatic carbocycles. The number of phenols is 1. The van der Waals surface area contributed by atoms with Gasteiger partial charge in [0.05, 0.1) is 11.3 Å². The molecule has 0 spiro atoms. The molecule has 0 saturated carbocycles. The molecule has 138 valence electrons. The zero-order valence-electron chi connectivity index (χ0n) is 14.9. The van der Waals surface area contributed by atoms with E-state index in [1.165, 1.54) is 25.1 Å². The van der Waals surface area contributed by atoms with E-state index in [4.69, 9.17) is 4.74 Å². The zero-order valence-corrected chi connectivity index (χ0v) is 14.9. The normalized spacial score (nSPS) is 10.6. The van der Waals surface area contributed by atoms with Crippen molar-refractivity contribution in [2.45, 2.75) is 6.92 Å². The van der Waals surface area contributed by atoms with Gasteiger partial charge in [-0.05, 0) is 24.3 Å². The Labute approximate surface area is 155 Å². The number of amides is 1. The fourth-order valence-corrected chi connectivity index (χ4v) is 2.80. The highest BCUT2D eigenvalue weighted by Gasteiger charge is 2.17. The Morgan fingerprint density at radius 2 is 1.89 bits per heavy atom. The molecule has 0 atom stereocenters. The Morgan fingerprint density at radius 1 is 1.15 bits per heavy atom. The van der Waals surface area contributed by atoms with Crippen molar-refractivity contribution >= 4 is 34.3 Å². The van der Waals surface area contributed by atoms with Crippen LogP contribution >= 0.6 is 0 Å². The number of benzene rings is 2. The lowest BCUT2D eigenvalue weighted by Gasteiger charge is -2.08. The number of phenolic OH excluding ortho intramolecular Hbond substituents is 1. The fourth-order valence-electron chi connectivity index (χ4n) is 2.80. The molecule has 0 radical (unpaired) electrons. The SMILES string of the molecule is CC(=O)Nc1cc(C(=O)COC(=O)c2cn(C)c3ccccc23)ccc1O. The van der Waals surface area contributed by atoms with Crippen LogP contribution in [0.1, 0.15) is 27.6 Å². The van der Waals surface area contributed by atoms with Crippen molar-refractivity contribution < 1.29 is 24.2 Å². The molecule has 0 unspecified atom stereocenters. The van der Waals surface area contributed by atoms with Gasteiger partial charge in [0.15, 0.2) is 12.4 Å². The van der Waals surface area contributed by atoms with E-state index in [9.17, 15) is 19.5 Å². The number of nitrogens with one attached hydrogen (secondary N) is 1.